The van der Waals surface area contributed by atoms with E-state index in [2.05, 4.69) is 4.98 Å². The maximum Gasteiger partial charge on any atom is 0.221 e. The molecule has 0 spiro atoms. The van der Waals surface area contributed by atoms with E-state index in [0.717, 1.165) is 0 Å². The molecule has 2 rings (SSSR count). The lowest BCUT2D eigenvalue weighted by Gasteiger charge is -2.01. The van der Waals surface area contributed by atoms with Crippen LogP contribution < -0.4 is 0 Å². The number of aromatic nitrogens is 2. The Balaban J connectivity index is 2.23. The van der Waals surface area contributed by atoms with E-state index >= 15 is 0 Å². The number of phenolic OH excluding ortho intramolecular Hbond substituents is 2. The summed E-state index contributed by atoms with van der Waals surface area (Å²) in [7, 11) is 0. The number of imidazole rings is 1. The molecular weight excluding hydrogens is 244 g/mol. The first kappa shape index (κ1) is 12.9. The number of carbonyl (C=O) groups excluding carboxylic acids is 1. The molecule has 5 heteroatoms. The average molecular weight is 258 g/mol. The second kappa shape index (κ2) is 5.39. The fourth-order valence-electron chi connectivity index (χ4n) is 1.70. The summed E-state index contributed by atoms with van der Waals surface area (Å²) in [6.07, 6.45) is 6.07. The van der Waals surface area contributed by atoms with Gasteiger partial charge in [-0.2, -0.15) is 0 Å². The van der Waals surface area contributed by atoms with Gasteiger partial charge in [-0.05, 0) is 37.3 Å². The van der Waals surface area contributed by atoms with E-state index in [1.807, 2.05) is 6.92 Å². The van der Waals surface area contributed by atoms with Gasteiger partial charge in [-0.3, -0.25) is 4.79 Å². The highest BCUT2D eigenvalue weighted by Gasteiger charge is 2.08. The molecule has 0 aliphatic rings. The smallest absolute Gasteiger partial charge is 0.221 e. The van der Waals surface area contributed by atoms with Crippen LogP contribution in [-0.2, 0) is 6.54 Å². The van der Waals surface area contributed by atoms with E-state index in [4.69, 9.17) is 0 Å². The van der Waals surface area contributed by atoms with Gasteiger partial charge in [-0.25, -0.2) is 4.98 Å². The van der Waals surface area contributed by atoms with Crippen molar-refractivity contribution < 1.29 is 15.0 Å². The molecule has 1 aromatic carbocycles. The summed E-state index contributed by atoms with van der Waals surface area (Å²) in [5.74, 6) is 0.119. The average Bonchev–Trinajstić information content (AvgIpc) is 2.88. The number of aromatic hydroxyl groups is 2. The van der Waals surface area contributed by atoms with E-state index in [0.29, 0.717) is 17.9 Å². The molecule has 2 aromatic rings. The molecule has 0 saturated carbocycles. The number of aryl methyl sites for hydroxylation is 1. The summed E-state index contributed by atoms with van der Waals surface area (Å²) >= 11 is 0. The summed E-state index contributed by atoms with van der Waals surface area (Å²) in [6, 6.07) is 4.12. The molecule has 0 saturated heterocycles. The predicted octanol–water partition coefficient (Wildman–Crippen LogP) is 2.21. The number of hydrogen-bond acceptors (Lipinski definition) is 4. The zero-order valence-corrected chi connectivity index (χ0v) is 10.4. The first-order valence-electron chi connectivity index (χ1n) is 5.87. The number of allylic oxidation sites excluding steroid dienone is 1. The molecule has 0 unspecified atom stereocenters. The quantitative estimate of drug-likeness (QED) is 0.501. The van der Waals surface area contributed by atoms with Crippen LogP contribution in [0.2, 0.25) is 0 Å². The molecule has 0 aliphatic carbocycles. The number of phenols is 2. The van der Waals surface area contributed by atoms with Gasteiger partial charge < -0.3 is 14.8 Å². The minimum absolute atomic E-state index is 0.000633. The van der Waals surface area contributed by atoms with Gasteiger partial charge >= 0.3 is 0 Å². The molecule has 0 atom stereocenters. The van der Waals surface area contributed by atoms with Crippen molar-refractivity contribution in [2.45, 2.75) is 13.5 Å². The molecule has 19 heavy (non-hydrogen) atoms. The Bertz CT molecular complexity index is 629. The number of nitrogens with zero attached hydrogens (tertiary/aromatic N) is 2. The zero-order valence-electron chi connectivity index (χ0n) is 10.4. The molecule has 0 fully saturated rings. The van der Waals surface area contributed by atoms with Crippen molar-refractivity contribution in [2.24, 2.45) is 0 Å². The number of rotatable bonds is 4. The number of carbonyl (C=O) groups is 1. The lowest BCUT2D eigenvalue weighted by molar-refractivity contribution is 0.103. The van der Waals surface area contributed by atoms with Crippen molar-refractivity contribution >= 4 is 11.9 Å². The van der Waals surface area contributed by atoms with Gasteiger partial charge in [0, 0.05) is 24.5 Å². The van der Waals surface area contributed by atoms with Crippen molar-refractivity contribution in [1.29, 1.82) is 0 Å². The fourth-order valence-corrected chi connectivity index (χ4v) is 1.70. The van der Waals surface area contributed by atoms with Crippen LogP contribution in [0.25, 0.3) is 6.08 Å². The van der Waals surface area contributed by atoms with Gasteiger partial charge in [0.05, 0.1) is 0 Å². The standard InChI is InChI=1S/C14H14N2O3/c1-2-16-8-7-15-14(16)13(19)5-3-10-9-11(17)4-6-12(10)18/h3-9,17-18H,2H2,1H3/b5-3+. The molecule has 98 valence electrons. The van der Waals surface area contributed by atoms with Crippen molar-refractivity contribution in [3.8, 4) is 11.5 Å². The maximum absolute atomic E-state index is 11.9. The van der Waals surface area contributed by atoms with Crippen molar-refractivity contribution in [2.75, 3.05) is 0 Å². The molecule has 0 aliphatic heterocycles. The minimum Gasteiger partial charge on any atom is -0.508 e. The Labute approximate surface area is 110 Å². The summed E-state index contributed by atoms with van der Waals surface area (Å²) < 4.78 is 1.73. The van der Waals surface area contributed by atoms with Crippen molar-refractivity contribution in [3.05, 3.63) is 48.1 Å². The van der Waals surface area contributed by atoms with Crippen LogP contribution >= 0.6 is 0 Å². The lowest BCUT2D eigenvalue weighted by atomic mass is 10.1. The van der Waals surface area contributed by atoms with Gasteiger partial charge in [0.15, 0.2) is 5.82 Å². The molecule has 0 amide bonds. The molecule has 2 N–H and O–H groups in total. The maximum atomic E-state index is 11.9. The molecule has 1 heterocycles. The molecule has 0 bridgehead atoms. The Hall–Kier alpha value is -2.56. The van der Waals surface area contributed by atoms with Crippen LogP contribution in [0, 0.1) is 0 Å². The lowest BCUT2D eigenvalue weighted by Crippen LogP contribution is -2.06. The summed E-state index contributed by atoms with van der Waals surface area (Å²) in [6.45, 7) is 2.58. The highest BCUT2D eigenvalue weighted by atomic mass is 16.3. The van der Waals surface area contributed by atoms with E-state index in [1.165, 1.54) is 30.4 Å². The summed E-state index contributed by atoms with van der Waals surface area (Å²) in [4.78, 5) is 15.9. The van der Waals surface area contributed by atoms with Gasteiger partial charge in [-0.15, -0.1) is 0 Å². The van der Waals surface area contributed by atoms with Crippen LogP contribution in [0.5, 0.6) is 11.5 Å². The van der Waals surface area contributed by atoms with E-state index in [9.17, 15) is 15.0 Å². The van der Waals surface area contributed by atoms with Crippen LogP contribution in [-0.4, -0.2) is 25.5 Å². The highest BCUT2D eigenvalue weighted by molar-refractivity contribution is 6.04. The van der Waals surface area contributed by atoms with Gasteiger partial charge in [0.1, 0.15) is 11.5 Å². The highest BCUT2D eigenvalue weighted by Crippen LogP contribution is 2.23. The largest absolute Gasteiger partial charge is 0.508 e. The Kier molecular flexibility index (Phi) is 3.66. The third-order valence-electron chi connectivity index (χ3n) is 2.70. The van der Waals surface area contributed by atoms with E-state index < -0.39 is 0 Å². The van der Waals surface area contributed by atoms with E-state index in [-0.39, 0.29) is 17.3 Å². The monoisotopic (exact) mass is 258 g/mol. The second-order valence-electron chi connectivity index (χ2n) is 3.98. The molecule has 0 radical (unpaired) electrons. The summed E-state index contributed by atoms with van der Waals surface area (Å²) in [5, 5.41) is 18.9. The van der Waals surface area contributed by atoms with Crippen molar-refractivity contribution in [3.63, 3.8) is 0 Å². The van der Waals surface area contributed by atoms with Crippen LogP contribution in [0.3, 0.4) is 0 Å². The molecule has 5 nitrogen and oxygen atoms in total. The second-order valence-corrected chi connectivity index (χ2v) is 3.98. The normalized spacial score (nSPS) is 11.0. The van der Waals surface area contributed by atoms with Crippen molar-refractivity contribution in [1.82, 2.24) is 9.55 Å². The van der Waals surface area contributed by atoms with E-state index in [1.54, 1.807) is 17.0 Å². The zero-order chi connectivity index (χ0) is 13.8. The van der Waals surface area contributed by atoms with Gasteiger partial charge in [-0.1, -0.05) is 0 Å². The molecular formula is C14H14N2O3. The number of benzene rings is 1. The van der Waals surface area contributed by atoms with Crippen LogP contribution in [0.4, 0.5) is 0 Å². The van der Waals surface area contributed by atoms with Gasteiger partial charge in [0.25, 0.3) is 0 Å². The molecule has 1 aromatic heterocycles. The third kappa shape index (κ3) is 2.82. The third-order valence-corrected chi connectivity index (χ3v) is 2.70. The Morgan fingerprint density at radius 3 is 2.95 bits per heavy atom. The summed E-state index contributed by atoms with van der Waals surface area (Å²) in [5.41, 5.74) is 0.378. The Morgan fingerprint density at radius 1 is 1.42 bits per heavy atom. The SMILES string of the molecule is CCn1ccnc1C(=O)/C=C/c1cc(O)ccc1O. The van der Waals surface area contributed by atoms with Gasteiger partial charge in [0.2, 0.25) is 5.78 Å². The number of hydrogen-bond donors (Lipinski definition) is 2. The Morgan fingerprint density at radius 2 is 2.21 bits per heavy atom. The predicted molar refractivity (Wildman–Crippen MR) is 71.0 cm³/mol. The first-order valence-corrected chi connectivity index (χ1v) is 5.87. The topological polar surface area (TPSA) is 75.4 Å². The number of ketones is 1. The minimum atomic E-state index is -0.255. The fraction of sp³-hybridized carbons (Fsp3) is 0.143. The van der Waals surface area contributed by atoms with Crippen LogP contribution in [0.15, 0.2) is 36.7 Å². The first-order chi connectivity index (χ1) is 9.11. The van der Waals surface area contributed by atoms with Crippen LogP contribution in [0.1, 0.15) is 23.1 Å².